The normalized spacial score (nSPS) is 12.0. The summed E-state index contributed by atoms with van der Waals surface area (Å²) in [6, 6.07) is 10.9. The molecule has 2 aromatic rings. The topological polar surface area (TPSA) is 77.0 Å². The molecule has 2 N–H and O–H groups in total. The lowest BCUT2D eigenvalue weighted by Gasteiger charge is -2.14. The van der Waals surface area contributed by atoms with Crippen molar-refractivity contribution in [3.63, 3.8) is 0 Å². The number of nitrogens with one attached hydrogen (secondary N) is 2. The average Bonchev–Trinajstić information content (AvgIpc) is 2.75. The van der Waals surface area contributed by atoms with Crippen molar-refractivity contribution in [1.29, 1.82) is 0 Å². The van der Waals surface area contributed by atoms with E-state index in [1.54, 1.807) is 32.5 Å². The minimum absolute atomic E-state index is 0.0870. The first-order valence-corrected chi connectivity index (χ1v) is 9.63. The van der Waals surface area contributed by atoms with Crippen LogP contribution in [0, 0.1) is 0 Å². The maximum atomic E-state index is 12.1. The van der Waals surface area contributed by atoms with E-state index in [0.29, 0.717) is 43.7 Å². The van der Waals surface area contributed by atoms with Gasteiger partial charge in [0, 0.05) is 39.0 Å². The molecule has 1 aromatic heterocycles. The Labute approximate surface area is 179 Å². The van der Waals surface area contributed by atoms with Crippen molar-refractivity contribution in [2.24, 2.45) is 4.99 Å². The Morgan fingerprint density at radius 1 is 1.03 bits per heavy atom. The van der Waals surface area contributed by atoms with Crippen LogP contribution in [-0.2, 0) is 29.2 Å². The number of hydrogen-bond acceptors (Lipinski definition) is 5. The fourth-order valence-corrected chi connectivity index (χ4v) is 2.53. The Kier molecular flexibility index (Phi) is 10.0. The van der Waals surface area contributed by atoms with Crippen LogP contribution in [0.15, 0.2) is 47.6 Å². The maximum absolute atomic E-state index is 12.1. The molecule has 0 saturated carbocycles. The summed E-state index contributed by atoms with van der Waals surface area (Å²) in [6.07, 6.45) is -2.66. The molecule has 31 heavy (non-hydrogen) atoms. The second-order valence-corrected chi connectivity index (χ2v) is 6.51. The van der Waals surface area contributed by atoms with Gasteiger partial charge in [-0.05, 0) is 17.2 Å². The number of halogens is 3. The second kappa shape index (κ2) is 12.8. The largest absolute Gasteiger partial charge is 0.475 e. The van der Waals surface area contributed by atoms with E-state index in [-0.39, 0.29) is 6.61 Å². The van der Waals surface area contributed by atoms with Crippen molar-refractivity contribution < 1.29 is 27.4 Å². The molecule has 0 bridgehead atoms. The molecule has 1 heterocycles. The van der Waals surface area contributed by atoms with E-state index >= 15 is 0 Å². The number of benzene rings is 1. The molecule has 0 saturated heterocycles. The van der Waals surface area contributed by atoms with E-state index in [1.807, 2.05) is 24.3 Å². The summed E-state index contributed by atoms with van der Waals surface area (Å²) < 4.78 is 51.7. The van der Waals surface area contributed by atoms with Crippen LogP contribution >= 0.6 is 0 Å². The summed E-state index contributed by atoms with van der Waals surface area (Å²) in [5.74, 6) is 1.12. The average molecular weight is 440 g/mol. The van der Waals surface area contributed by atoms with Gasteiger partial charge < -0.3 is 24.8 Å². The van der Waals surface area contributed by atoms with E-state index in [0.717, 1.165) is 11.1 Å². The zero-order valence-corrected chi connectivity index (χ0v) is 17.5. The lowest BCUT2D eigenvalue weighted by atomic mass is 10.1. The summed E-state index contributed by atoms with van der Waals surface area (Å²) in [5.41, 5.74) is 2.50. The smallest absolute Gasteiger partial charge is 0.411 e. The van der Waals surface area contributed by atoms with Gasteiger partial charge in [-0.25, -0.2) is 4.98 Å². The van der Waals surface area contributed by atoms with Gasteiger partial charge in [0.2, 0.25) is 5.88 Å². The summed E-state index contributed by atoms with van der Waals surface area (Å²) in [5, 5.41) is 6.39. The van der Waals surface area contributed by atoms with Crippen LogP contribution in [0.1, 0.15) is 16.7 Å². The molecule has 1 aromatic carbocycles. The van der Waals surface area contributed by atoms with Crippen LogP contribution in [-0.4, -0.2) is 51.1 Å². The van der Waals surface area contributed by atoms with Crippen molar-refractivity contribution in [1.82, 2.24) is 15.6 Å². The highest BCUT2D eigenvalue weighted by molar-refractivity contribution is 5.79. The lowest BCUT2D eigenvalue weighted by Crippen LogP contribution is -2.36. The number of rotatable bonds is 11. The highest BCUT2D eigenvalue weighted by atomic mass is 19.4. The molecule has 0 unspecified atom stereocenters. The molecule has 7 nitrogen and oxygen atoms in total. The number of methoxy groups -OCH3 is 1. The van der Waals surface area contributed by atoms with E-state index < -0.39 is 12.8 Å². The first-order valence-electron chi connectivity index (χ1n) is 9.63. The van der Waals surface area contributed by atoms with Crippen LogP contribution in [0.5, 0.6) is 5.88 Å². The van der Waals surface area contributed by atoms with Gasteiger partial charge in [-0.15, -0.1) is 0 Å². The fraction of sp³-hybridized carbons (Fsp3) is 0.429. The number of aliphatic imine (C=N–C) groups is 1. The highest BCUT2D eigenvalue weighted by Crippen LogP contribution is 2.16. The predicted molar refractivity (Wildman–Crippen MR) is 111 cm³/mol. The van der Waals surface area contributed by atoms with E-state index in [9.17, 15) is 13.2 Å². The molecule has 0 aliphatic carbocycles. The summed E-state index contributed by atoms with van der Waals surface area (Å²) in [6.45, 7) is 0.494. The second-order valence-electron chi connectivity index (χ2n) is 6.51. The molecular formula is C21H27F3N4O3. The van der Waals surface area contributed by atoms with Gasteiger partial charge in [-0.2, -0.15) is 13.2 Å². The van der Waals surface area contributed by atoms with Gasteiger partial charge in [0.15, 0.2) is 5.96 Å². The Hall–Kier alpha value is -2.85. The molecule has 10 heteroatoms. The van der Waals surface area contributed by atoms with Crippen molar-refractivity contribution in [2.45, 2.75) is 25.9 Å². The molecule has 0 fully saturated rings. The highest BCUT2D eigenvalue weighted by Gasteiger charge is 2.27. The molecule has 2 rings (SSSR count). The van der Waals surface area contributed by atoms with Crippen molar-refractivity contribution >= 4 is 5.96 Å². The van der Waals surface area contributed by atoms with Crippen molar-refractivity contribution in [2.75, 3.05) is 34.0 Å². The van der Waals surface area contributed by atoms with E-state index in [1.165, 1.54) is 0 Å². The minimum atomic E-state index is -4.32. The summed E-state index contributed by atoms with van der Waals surface area (Å²) in [4.78, 5) is 8.43. The van der Waals surface area contributed by atoms with Gasteiger partial charge in [0.05, 0.1) is 13.2 Å². The van der Waals surface area contributed by atoms with Gasteiger partial charge in [0.25, 0.3) is 0 Å². The Morgan fingerprint density at radius 2 is 1.74 bits per heavy atom. The number of nitrogens with zero attached hydrogens (tertiary/aromatic N) is 2. The van der Waals surface area contributed by atoms with Crippen LogP contribution in [0.25, 0.3) is 0 Å². The number of guanidine groups is 1. The monoisotopic (exact) mass is 440 g/mol. The molecule has 0 spiro atoms. The quantitative estimate of drug-likeness (QED) is 0.318. The number of ether oxygens (including phenoxy) is 3. The maximum Gasteiger partial charge on any atom is 0.411 e. The Bertz CT molecular complexity index is 814. The van der Waals surface area contributed by atoms with Crippen molar-refractivity contribution in [3.05, 3.63) is 59.3 Å². The SMILES string of the molecule is CN=C(NCc1ccc(COCC(F)(F)F)cc1)NCc1cccnc1OCCOC. The Morgan fingerprint density at radius 3 is 2.42 bits per heavy atom. The molecule has 0 atom stereocenters. The third kappa shape index (κ3) is 9.67. The third-order valence-electron chi connectivity index (χ3n) is 4.06. The number of alkyl halides is 3. The minimum Gasteiger partial charge on any atom is -0.475 e. The van der Waals surface area contributed by atoms with E-state index in [4.69, 9.17) is 9.47 Å². The fourth-order valence-electron chi connectivity index (χ4n) is 2.53. The molecular weight excluding hydrogens is 413 g/mol. The lowest BCUT2D eigenvalue weighted by molar-refractivity contribution is -0.176. The Balaban J connectivity index is 1.80. The number of aromatic nitrogens is 1. The van der Waals surface area contributed by atoms with Gasteiger partial charge in [-0.1, -0.05) is 30.3 Å². The van der Waals surface area contributed by atoms with Crippen LogP contribution in [0.3, 0.4) is 0 Å². The summed E-state index contributed by atoms with van der Waals surface area (Å²) in [7, 11) is 3.27. The number of hydrogen-bond donors (Lipinski definition) is 2. The van der Waals surface area contributed by atoms with Crippen LogP contribution < -0.4 is 15.4 Å². The summed E-state index contributed by atoms with van der Waals surface area (Å²) >= 11 is 0. The zero-order valence-electron chi connectivity index (χ0n) is 17.5. The third-order valence-corrected chi connectivity index (χ3v) is 4.06. The first kappa shape index (κ1) is 24.4. The molecule has 0 amide bonds. The molecule has 0 radical (unpaired) electrons. The molecule has 170 valence electrons. The van der Waals surface area contributed by atoms with Gasteiger partial charge in [-0.3, -0.25) is 4.99 Å². The van der Waals surface area contributed by atoms with E-state index in [2.05, 4.69) is 25.3 Å². The van der Waals surface area contributed by atoms with Gasteiger partial charge >= 0.3 is 6.18 Å². The van der Waals surface area contributed by atoms with Gasteiger partial charge in [0.1, 0.15) is 13.2 Å². The standard InChI is InChI=1S/C21H27F3N4O3/c1-25-20(28-13-18-4-3-9-26-19(18)31-11-10-29-2)27-12-16-5-7-17(8-6-16)14-30-15-21(22,23)24/h3-9H,10-15H2,1-2H3,(H2,25,27,28). The molecule has 0 aliphatic heterocycles. The molecule has 0 aliphatic rings. The van der Waals surface area contributed by atoms with Crippen LogP contribution in [0.4, 0.5) is 13.2 Å². The first-order chi connectivity index (χ1) is 14.9. The van der Waals surface area contributed by atoms with Crippen LogP contribution in [0.2, 0.25) is 0 Å². The zero-order chi connectivity index (χ0) is 22.5. The predicted octanol–water partition coefficient (Wildman–Crippen LogP) is 3.05. The number of pyridine rings is 1. The van der Waals surface area contributed by atoms with Crippen molar-refractivity contribution in [3.8, 4) is 5.88 Å².